The van der Waals surface area contributed by atoms with Crippen molar-refractivity contribution in [2.45, 2.75) is 0 Å². The van der Waals surface area contributed by atoms with Gasteiger partial charge in [0.15, 0.2) is 5.65 Å². The molecule has 3 rings (SSSR count). The lowest BCUT2D eigenvalue weighted by Gasteiger charge is -1.94. The SMILES string of the molecule is O=C(O)c1ccnc2nc(-c3ccccc3)[nH]c12. The lowest BCUT2D eigenvalue weighted by molar-refractivity contribution is 0.0699. The van der Waals surface area contributed by atoms with Crippen LogP contribution in [0.2, 0.25) is 0 Å². The highest BCUT2D eigenvalue weighted by molar-refractivity contribution is 6.00. The van der Waals surface area contributed by atoms with Gasteiger partial charge in [0.05, 0.1) is 11.1 Å². The number of imidazole rings is 1. The summed E-state index contributed by atoms with van der Waals surface area (Å²) in [5, 5.41) is 9.09. The van der Waals surface area contributed by atoms with Gasteiger partial charge < -0.3 is 10.1 Å². The third kappa shape index (κ3) is 1.62. The van der Waals surface area contributed by atoms with Crippen LogP contribution in [0.5, 0.6) is 0 Å². The number of aromatic amines is 1. The van der Waals surface area contributed by atoms with Crippen molar-refractivity contribution in [1.29, 1.82) is 0 Å². The van der Waals surface area contributed by atoms with E-state index in [1.807, 2.05) is 30.3 Å². The molecular weight excluding hydrogens is 230 g/mol. The van der Waals surface area contributed by atoms with E-state index in [-0.39, 0.29) is 5.56 Å². The van der Waals surface area contributed by atoms with Crippen molar-refractivity contribution in [1.82, 2.24) is 15.0 Å². The topological polar surface area (TPSA) is 78.9 Å². The van der Waals surface area contributed by atoms with E-state index in [0.717, 1.165) is 5.56 Å². The molecule has 0 spiro atoms. The third-order valence-corrected chi connectivity index (χ3v) is 2.67. The number of rotatable bonds is 2. The number of nitrogens with zero attached hydrogens (tertiary/aromatic N) is 2. The molecule has 2 N–H and O–H groups in total. The number of hydrogen-bond acceptors (Lipinski definition) is 3. The number of aromatic nitrogens is 3. The minimum atomic E-state index is -0.995. The average molecular weight is 239 g/mol. The predicted molar refractivity (Wildman–Crippen MR) is 66.3 cm³/mol. The van der Waals surface area contributed by atoms with E-state index in [1.54, 1.807) is 0 Å². The van der Waals surface area contributed by atoms with E-state index in [0.29, 0.717) is 17.0 Å². The molecule has 2 aromatic heterocycles. The van der Waals surface area contributed by atoms with Gasteiger partial charge in [0.25, 0.3) is 0 Å². The maximum atomic E-state index is 11.1. The Morgan fingerprint density at radius 2 is 1.94 bits per heavy atom. The Labute approximate surface area is 102 Å². The van der Waals surface area contributed by atoms with Gasteiger partial charge >= 0.3 is 5.97 Å². The van der Waals surface area contributed by atoms with Crippen LogP contribution in [0, 0.1) is 0 Å². The zero-order valence-corrected chi connectivity index (χ0v) is 9.29. The van der Waals surface area contributed by atoms with E-state index in [2.05, 4.69) is 15.0 Å². The number of pyridine rings is 1. The second-order valence-electron chi connectivity index (χ2n) is 3.81. The van der Waals surface area contributed by atoms with Crippen molar-refractivity contribution in [3.05, 3.63) is 48.2 Å². The number of benzene rings is 1. The second-order valence-corrected chi connectivity index (χ2v) is 3.81. The standard InChI is InChI=1S/C13H9N3O2/c17-13(18)9-6-7-14-12-10(9)15-11(16-12)8-4-2-1-3-5-8/h1-7H,(H,17,18)(H,14,15,16). The minimum absolute atomic E-state index is 0.176. The Morgan fingerprint density at radius 1 is 1.17 bits per heavy atom. The molecule has 2 heterocycles. The van der Waals surface area contributed by atoms with Crippen LogP contribution < -0.4 is 0 Å². The van der Waals surface area contributed by atoms with Crippen molar-refractivity contribution in [3.8, 4) is 11.4 Å². The summed E-state index contributed by atoms with van der Waals surface area (Å²) >= 11 is 0. The molecule has 0 unspecified atom stereocenters. The molecule has 0 fully saturated rings. The van der Waals surface area contributed by atoms with E-state index in [1.165, 1.54) is 12.3 Å². The number of H-pyrrole nitrogens is 1. The maximum Gasteiger partial charge on any atom is 0.338 e. The first-order valence-corrected chi connectivity index (χ1v) is 5.39. The number of carboxylic acids is 1. The van der Waals surface area contributed by atoms with E-state index < -0.39 is 5.97 Å². The summed E-state index contributed by atoms with van der Waals surface area (Å²) < 4.78 is 0. The lowest BCUT2D eigenvalue weighted by Crippen LogP contribution is -1.97. The Morgan fingerprint density at radius 3 is 2.67 bits per heavy atom. The number of nitrogens with one attached hydrogen (secondary N) is 1. The van der Waals surface area contributed by atoms with Gasteiger partial charge in [-0.05, 0) is 6.07 Å². The first-order chi connectivity index (χ1) is 8.75. The molecule has 18 heavy (non-hydrogen) atoms. The number of carbonyl (C=O) groups is 1. The molecule has 5 nitrogen and oxygen atoms in total. The summed E-state index contributed by atoms with van der Waals surface area (Å²) in [6, 6.07) is 11.0. The van der Waals surface area contributed by atoms with Crippen LogP contribution in [-0.2, 0) is 0 Å². The second kappa shape index (κ2) is 3.96. The largest absolute Gasteiger partial charge is 0.478 e. The molecule has 1 aromatic carbocycles. The van der Waals surface area contributed by atoms with Crippen LogP contribution in [0.3, 0.4) is 0 Å². The van der Waals surface area contributed by atoms with Gasteiger partial charge in [-0.2, -0.15) is 0 Å². The number of aromatic carboxylic acids is 1. The first kappa shape index (κ1) is 10.5. The van der Waals surface area contributed by atoms with Gasteiger partial charge in [-0.1, -0.05) is 30.3 Å². The third-order valence-electron chi connectivity index (χ3n) is 2.67. The van der Waals surface area contributed by atoms with Gasteiger partial charge in [0.2, 0.25) is 0 Å². The van der Waals surface area contributed by atoms with Crippen LogP contribution in [0.4, 0.5) is 0 Å². The number of carboxylic acid groups (broad SMARTS) is 1. The van der Waals surface area contributed by atoms with Crippen molar-refractivity contribution < 1.29 is 9.90 Å². The molecule has 0 amide bonds. The molecular formula is C13H9N3O2. The molecule has 0 atom stereocenters. The van der Waals surface area contributed by atoms with E-state index >= 15 is 0 Å². The van der Waals surface area contributed by atoms with Gasteiger partial charge in [0, 0.05) is 11.8 Å². The fourth-order valence-electron chi connectivity index (χ4n) is 1.82. The molecule has 0 aliphatic rings. The van der Waals surface area contributed by atoms with Crippen LogP contribution in [0.25, 0.3) is 22.6 Å². The molecule has 3 aromatic rings. The Bertz CT molecular complexity index is 719. The molecule has 88 valence electrons. The van der Waals surface area contributed by atoms with Crippen LogP contribution in [-0.4, -0.2) is 26.0 Å². The molecule has 0 saturated carbocycles. The number of hydrogen-bond donors (Lipinski definition) is 2. The van der Waals surface area contributed by atoms with Crippen molar-refractivity contribution in [2.75, 3.05) is 0 Å². The zero-order valence-electron chi connectivity index (χ0n) is 9.29. The number of fused-ring (bicyclic) bond motifs is 1. The summed E-state index contributed by atoms with van der Waals surface area (Å²) in [6.45, 7) is 0. The monoisotopic (exact) mass is 239 g/mol. The summed E-state index contributed by atoms with van der Waals surface area (Å²) in [7, 11) is 0. The summed E-state index contributed by atoms with van der Waals surface area (Å²) in [6.07, 6.45) is 1.45. The van der Waals surface area contributed by atoms with Crippen LogP contribution in [0.1, 0.15) is 10.4 Å². The molecule has 5 heteroatoms. The molecule has 0 saturated heterocycles. The van der Waals surface area contributed by atoms with Gasteiger partial charge in [-0.3, -0.25) is 0 Å². The van der Waals surface area contributed by atoms with Crippen molar-refractivity contribution in [2.24, 2.45) is 0 Å². The quantitative estimate of drug-likeness (QED) is 0.719. The highest BCUT2D eigenvalue weighted by Gasteiger charge is 2.13. The minimum Gasteiger partial charge on any atom is -0.478 e. The highest BCUT2D eigenvalue weighted by Crippen LogP contribution is 2.21. The Hall–Kier alpha value is -2.69. The van der Waals surface area contributed by atoms with Gasteiger partial charge in [-0.15, -0.1) is 0 Å². The maximum absolute atomic E-state index is 11.1. The van der Waals surface area contributed by atoms with Crippen molar-refractivity contribution in [3.63, 3.8) is 0 Å². The molecule has 0 aliphatic heterocycles. The van der Waals surface area contributed by atoms with Crippen LogP contribution >= 0.6 is 0 Å². The zero-order chi connectivity index (χ0) is 12.5. The summed E-state index contributed by atoms with van der Waals surface area (Å²) in [4.78, 5) is 22.5. The van der Waals surface area contributed by atoms with Gasteiger partial charge in [0.1, 0.15) is 5.82 Å². The van der Waals surface area contributed by atoms with Gasteiger partial charge in [-0.25, -0.2) is 14.8 Å². The van der Waals surface area contributed by atoms with Crippen LogP contribution in [0.15, 0.2) is 42.6 Å². The first-order valence-electron chi connectivity index (χ1n) is 5.39. The predicted octanol–water partition coefficient (Wildman–Crippen LogP) is 2.32. The average Bonchev–Trinajstić information content (AvgIpc) is 2.83. The van der Waals surface area contributed by atoms with E-state index in [9.17, 15) is 4.79 Å². The summed E-state index contributed by atoms with van der Waals surface area (Å²) in [5.41, 5.74) is 1.93. The lowest BCUT2D eigenvalue weighted by atomic mass is 10.2. The van der Waals surface area contributed by atoms with Crippen molar-refractivity contribution >= 4 is 17.1 Å². The van der Waals surface area contributed by atoms with E-state index in [4.69, 9.17) is 5.11 Å². The highest BCUT2D eigenvalue weighted by atomic mass is 16.4. The normalized spacial score (nSPS) is 10.7. The fourth-order valence-corrected chi connectivity index (χ4v) is 1.82. The Balaban J connectivity index is 2.23. The Kier molecular flexibility index (Phi) is 2.30. The fraction of sp³-hybridized carbons (Fsp3) is 0. The summed E-state index contributed by atoms with van der Waals surface area (Å²) in [5.74, 6) is -0.377. The molecule has 0 bridgehead atoms. The molecule has 0 aliphatic carbocycles. The smallest absolute Gasteiger partial charge is 0.338 e. The molecule has 0 radical (unpaired) electrons.